The molecule has 0 bridgehead atoms. The molecule has 0 aromatic carbocycles. The fourth-order valence-electron chi connectivity index (χ4n) is 3.61. The van der Waals surface area contributed by atoms with Gasteiger partial charge in [0.15, 0.2) is 5.69 Å². The fraction of sp³-hybridized carbons (Fsp3) is 0.421. The van der Waals surface area contributed by atoms with Gasteiger partial charge < -0.3 is 9.80 Å². The third-order valence-electron chi connectivity index (χ3n) is 5.32. The van der Waals surface area contributed by atoms with E-state index in [1.165, 1.54) is 10.1 Å². The van der Waals surface area contributed by atoms with Crippen LogP contribution in [0.1, 0.15) is 29.0 Å². The molecule has 4 rings (SSSR count). The van der Waals surface area contributed by atoms with Gasteiger partial charge in [0, 0.05) is 55.2 Å². The molecule has 3 aromatic heterocycles. The maximum atomic E-state index is 12.7. The van der Waals surface area contributed by atoms with Gasteiger partial charge >= 0.3 is 0 Å². The van der Waals surface area contributed by atoms with E-state index in [9.17, 15) is 4.79 Å². The van der Waals surface area contributed by atoms with Crippen LogP contribution in [0, 0.1) is 6.92 Å². The highest BCUT2D eigenvalue weighted by Crippen LogP contribution is 2.30. The lowest BCUT2D eigenvalue weighted by Crippen LogP contribution is -2.46. The summed E-state index contributed by atoms with van der Waals surface area (Å²) in [5.41, 5.74) is 1.52. The molecule has 0 N–H and O–H groups in total. The molecule has 6 nitrogen and oxygen atoms in total. The number of anilines is 1. The molecule has 26 heavy (non-hydrogen) atoms. The number of aryl methyl sites for hydroxylation is 2. The SMILES string of the molecule is Cc1cc(C(=O)N(C)C2CCN(c3nccc4sccc34)CC2)nn1C. The topological polar surface area (TPSA) is 54.3 Å². The number of amides is 1. The largest absolute Gasteiger partial charge is 0.356 e. The van der Waals surface area contributed by atoms with E-state index < -0.39 is 0 Å². The Morgan fingerprint density at radius 2 is 2.08 bits per heavy atom. The maximum Gasteiger partial charge on any atom is 0.274 e. The summed E-state index contributed by atoms with van der Waals surface area (Å²) in [6.45, 7) is 3.78. The van der Waals surface area contributed by atoms with Crippen molar-refractivity contribution in [2.24, 2.45) is 7.05 Å². The molecule has 1 aliphatic heterocycles. The Kier molecular flexibility index (Phi) is 4.40. The first-order valence-electron chi connectivity index (χ1n) is 8.89. The van der Waals surface area contributed by atoms with E-state index in [0.717, 1.165) is 37.4 Å². The van der Waals surface area contributed by atoms with E-state index in [0.29, 0.717) is 5.69 Å². The van der Waals surface area contributed by atoms with Crippen molar-refractivity contribution in [2.75, 3.05) is 25.0 Å². The Balaban J connectivity index is 1.44. The van der Waals surface area contributed by atoms with Crippen LogP contribution in [0.2, 0.25) is 0 Å². The Morgan fingerprint density at radius 3 is 2.77 bits per heavy atom. The molecule has 136 valence electrons. The number of thiophene rings is 1. The Bertz CT molecular complexity index is 919. The lowest BCUT2D eigenvalue weighted by Gasteiger charge is -2.37. The zero-order chi connectivity index (χ0) is 18.3. The molecule has 4 heterocycles. The minimum atomic E-state index is 0.00483. The van der Waals surface area contributed by atoms with E-state index in [1.54, 1.807) is 16.0 Å². The highest BCUT2D eigenvalue weighted by atomic mass is 32.1. The molecule has 0 spiro atoms. The molecule has 0 atom stereocenters. The van der Waals surface area contributed by atoms with Gasteiger partial charge in [-0.05, 0) is 43.3 Å². The van der Waals surface area contributed by atoms with Crippen LogP contribution in [-0.4, -0.2) is 51.8 Å². The Morgan fingerprint density at radius 1 is 1.31 bits per heavy atom. The molecule has 1 saturated heterocycles. The van der Waals surface area contributed by atoms with Crippen molar-refractivity contribution in [1.29, 1.82) is 0 Å². The molecule has 3 aromatic rings. The molecule has 1 amide bonds. The second-order valence-electron chi connectivity index (χ2n) is 6.90. The third kappa shape index (κ3) is 2.96. The molecule has 0 saturated carbocycles. The van der Waals surface area contributed by atoms with Crippen molar-refractivity contribution in [1.82, 2.24) is 19.7 Å². The minimum absolute atomic E-state index is 0.00483. The van der Waals surface area contributed by atoms with Crippen molar-refractivity contribution in [3.8, 4) is 0 Å². The summed E-state index contributed by atoms with van der Waals surface area (Å²) < 4.78 is 3.02. The second kappa shape index (κ2) is 6.72. The van der Waals surface area contributed by atoms with Gasteiger partial charge in [0.1, 0.15) is 5.82 Å². The molecule has 1 fully saturated rings. The molecule has 7 heteroatoms. The van der Waals surface area contributed by atoms with E-state index in [1.807, 2.05) is 38.2 Å². The van der Waals surface area contributed by atoms with E-state index >= 15 is 0 Å². The predicted molar refractivity (Wildman–Crippen MR) is 105 cm³/mol. The van der Waals surface area contributed by atoms with Crippen LogP contribution in [0.25, 0.3) is 10.1 Å². The number of rotatable bonds is 3. The number of carbonyl (C=O) groups is 1. The van der Waals surface area contributed by atoms with Crippen LogP contribution in [0.3, 0.4) is 0 Å². The summed E-state index contributed by atoms with van der Waals surface area (Å²) in [5.74, 6) is 1.07. The first-order valence-corrected chi connectivity index (χ1v) is 9.77. The first-order chi connectivity index (χ1) is 12.5. The fourth-order valence-corrected chi connectivity index (χ4v) is 4.38. The highest BCUT2D eigenvalue weighted by molar-refractivity contribution is 7.17. The van der Waals surface area contributed by atoms with Crippen molar-refractivity contribution >= 4 is 33.1 Å². The predicted octanol–water partition coefficient (Wildman–Crippen LogP) is 3.08. The van der Waals surface area contributed by atoms with E-state index in [4.69, 9.17) is 0 Å². The smallest absolute Gasteiger partial charge is 0.274 e. The van der Waals surface area contributed by atoms with Crippen LogP contribution in [0.15, 0.2) is 29.8 Å². The summed E-state index contributed by atoms with van der Waals surface area (Å²) in [6.07, 6.45) is 3.77. The van der Waals surface area contributed by atoms with E-state index in [2.05, 4.69) is 32.5 Å². The lowest BCUT2D eigenvalue weighted by molar-refractivity contribution is 0.0702. The summed E-state index contributed by atoms with van der Waals surface area (Å²) in [4.78, 5) is 21.5. The average molecular weight is 369 g/mol. The molecule has 0 unspecified atom stereocenters. The molecule has 1 aliphatic rings. The van der Waals surface area contributed by atoms with E-state index in [-0.39, 0.29) is 11.9 Å². The zero-order valence-corrected chi connectivity index (χ0v) is 16.2. The normalized spacial score (nSPS) is 15.6. The van der Waals surface area contributed by atoms with Crippen LogP contribution >= 0.6 is 11.3 Å². The highest BCUT2D eigenvalue weighted by Gasteiger charge is 2.28. The second-order valence-corrected chi connectivity index (χ2v) is 7.84. The summed E-state index contributed by atoms with van der Waals surface area (Å²) in [6, 6.07) is 6.31. The summed E-state index contributed by atoms with van der Waals surface area (Å²) >= 11 is 1.75. The van der Waals surface area contributed by atoms with Gasteiger partial charge in [-0.2, -0.15) is 5.10 Å². The van der Waals surface area contributed by atoms with Gasteiger partial charge in [-0.25, -0.2) is 4.98 Å². The van der Waals surface area contributed by atoms with Gasteiger partial charge in [-0.15, -0.1) is 11.3 Å². The lowest BCUT2D eigenvalue weighted by atomic mass is 10.0. The maximum absolute atomic E-state index is 12.7. The minimum Gasteiger partial charge on any atom is -0.356 e. The number of fused-ring (bicyclic) bond motifs is 1. The zero-order valence-electron chi connectivity index (χ0n) is 15.3. The van der Waals surface area contributed by atoms with Gasteiger partial charge in [0.25, 0.3) is 5.91 Å². The quantitative estimate of drug-likeness (QED) is 0.712. The number of piperidine rings is 1. The summed E-state index contributed by atoms with van der Waals surface area (Å²) in [7, 11) is 3.76. The van der Waals surface area contributed by atoms with Crippen molar-refractivity contribution < 1.29 is 4.79 Å². The van der Waals surface area contributed by atoms with Crippen LogP contribution in [0.4, 0.5) is 5.82 Å². The van der Waals surface area contributed by atoms with Crippen molar-refractivity contribution in [3.63, 3.8) is 0 Å². The standard InChI is InChI=1S/C19H23N5OS/c1-13-12-16(21-23(13)3)19(25)22(2)14-5-9-24(10-6-14)18-15-7-11-26-17(15)4-8-20-18/h4,7-8,11-12,14H,5-6,9-10H2,1-3H3. The van der Waals surface area contributed by atoms with Gasteiger partial charge in [0.05, 0.1) is 0 Å². The number of aromatic nitrogens is 3. The summed E-state index contributed by atoms with van der Waals surface area (Å²) in [5, 5.41) is 7.66. The van der Waals surface area contributed by atoms with Crippen molar-refractivity contribution in [2.45, 2.75) is 25.8 Å². The van der Waals surface area contributed by atoms with Crippen LogP contribution in [-0.2, 0) is 7.05 Å². The molecular formula is C19H23N5OS. The third-order valence-corrected chi connectivity index (χ3v) is 6.21. The molecule has 0 aliphatic carbocycles. The number of carbonyl (C=O) groups excluding carboxylic acids is 1. The van der Waals surface area contributed by atoms with Gasteiger partial charge in [-0.1, -0.05) is 0 Å². The Labute approximate surface area is 157 Å². The number of hydrogen-bond acceptors (Lipinski definition) is 5. The van der Waals surface area contributed by atoms with Crippen LogP contribution < -0.4 is 4.90 Å². The van der Waals surface area contributed by atoms with Crippen LogP contribution in [0.5, 0.6) is 0 Å². The van der Waals surface area contributed by atoms with Gasteiger partial charge in [0.2, 0.25) is 0 Å². The molecule has 0 radical (unpaired) electrons. The Hall–Kier alpha value is -2.41. The van der Waals surface area contributed by atoms with Crippen molar-refractivity contribution in [3.05, 3.63) is 41.2 Å². The average Bonchev–Trinajstić information content (AvgIpc) is 3.27. The number of pyridine rings is 1. The first kappa shape index (κ1) is 17.0. The monoisotopic (exact) mass is 369 g/mol. The number of hydrogen-bond donors (Lipinski definition) is 0. The molecular weight excluding hydrogens is 346 g/mol. The van der Waals surface area contributed by atoms with Gasteiger partial charge in [-0.3, -0.25) is 9.48 Å². The number of nitrogens with zero attached hydrogens (tertiary/aromatic N) is 5.